The van der Waals surface area contributed by atoms with Crippen molar-refractivity contribution in [1.82, 2.24) is 0 Å². The number of benzene rings is 1. The molecule has 1 aliphatic rings. The van der Waals surface area contributed by atoms with E-state index < -0.39 is 5.97 Å². The number of carbonyl (C=O) groups is 1. The number of hydrogen-bond acceptors (Lipinski definition) is 4. The van der Waals surface area contributed by atoms with Gasteiger partial charge in [-0.3, -0.25) is 0 Å². The summed E-state index contributed by atoms with van der Waals surface area (Å²) in [5, 5.41) is 10.8. The Bertz CT molecular complexity index is 403. The highest BCUT2D eigenvalue weighted by Crippen LogP contribution is 2.38. The molecule has 0 aromatic heterocycles. The second kappa shape index (κ2) is 3.98. The molecule has 0 unspecified atom stereocenters. The highest BCUT2D eigenvalue weighted by atomic mass is 35.5. The third-order valence-electron chi connectivity index (χ3n) is 2.01. The van der Waals surface area contributed by atoms with E-state index in [-0.39, 0.29) is 6.42 Å². The number of hydrogen-bond donors (Lipinski definition) is 0. The van der Waals surface area contributed by atoms with Gasteiger partial charge >= 0.3 is 0 Å². The van der Waals surface area contributed by atoms with Crippen molar-refractivity contribution in [2.45, 2.75) is 6.42 Å². The minimum atomic E-state index is -1.15. The standard InChI is InChI=1S/C10H9ClO4/c11-7-3-6(5-9(12)13)4-8-10(7)15-2-1-14-8/h3-4H,1-2,5H2,(H,12,13)/p-1. The van der Waals surface area contributed by atoms with Crippen molar-refractivity contribution in [3.63, 3.8) is 0 Å². The lowest BCUT2D eigenvalue weighted by molar-refractivity contribution is -0.304. The Morgan fingerprint density at radius 3 is 2.87 bits per heavy atom. The van der Waals surface area contributed by atoms with Crippen molar-refractivity contribution in [1.29, 1.82) is 0 Å². The average Bonchev–Trinajstić information content (AvgIpc) is 2.16. The largest absolute Gasteiger partial charge is 0.550 e. The van der Waals surface area contributed by atoms with Gasteiger partial charge in [0.1, 0.15) is 13.2 Å². The minimum Gasteiger partial charge on any atom is -0.550 e. The van der Waals surface area contributed by atoms with Crippen molar-refractivity contribution in [2.24, 2.45) is 0 Å². The van der Waals surface area contributed by atoms with Crippen LogP contribution >= 0.6 is 11.6 Å². The van der Waals surface area contributed by atoms with Crippen molar-refractivity contribution < 1.29 is 19.4 Å². The molecule has 0 aliphatic carbocycles. The third kappa shape index (κ3) is 2.15. The van der Waals surface area contributed by atoms with Gasteiger partial charge < -0.3 is 19.4 Å². The highest BCUT2D eigenvalue weighted by molar-refractivity contribution is 6.32. The number of aliphatic carboxylic acids is 1. The predicted octanol–water partition coefficient (Wildman–Crippen LogP) is 0.404. The summed E-state index contributed by atoms with van der Waals surface area (Å²) in [6.07, 6.45) is -0.184. The number of halogens is 1. The summed E-state index contributed by atoms with van der Waals surface area (Å²) < 4.78 is 10.6. The van der Waals surface area contributed by atoms with Crippen molar-refractivity contribution in [3.8, 4) is 11.5 Å². The molecule has 0 saturated carbocycles. The molecule has 0 saturated heterocycles. The fraction of sp³-hybridized carbons (Fsp3) is 0.300. The molecule has 2 rings (SSSR count). The summed E-state index contributed by atoms with van der Waals surface area (Å²) in [4.78, 5) is 10.4. The summed E-state index contributed by atoms with van der Waals surface area (Å²) >= 11 is 5.91. The Morgan fingerprint density at radius 2 is 2.13 bits per heavy atom. The number of rotatable bonds is 2. The number of fused-ring (bicyclic) bond motifs is 1. The topological polar surface area (TPSA) is 58.6 Å². The average molecular weight is 228 g/mol. The van der Waals surface area contributed by atoms with E-state index in [0.717, 1.165) is 0 Å². The number of ether oxygens (including phenoxy) is 2. The molecule has 0 atom stereocenters. The van der Waals surface area contributed by atoms with Gasteiger partial charge in [-0.1, -0.05) is 11.6 Å². The van der Waals surface area contributed by atoms with E-state index in [1.165, 1.54) is 0 Å². The Morgan fingerprint density at radius 1 is 1.40 bits per heavy atom. The van der Waals surface area contributed by atoms with Crippen LogP contribution in [0.1, 0.15) is 5.56 Å². The first-order valence-corrected chi connectivity index (χ1v) is 4.82. The van der Waals surface area contributed by atoms with E-state index >= 15 is 0 Å². The SMILES string of the molecule is O=C([O-])Cc1cc(Cl)c2c(c1)OCCO2. The van der Waals surface area contributed by atoms with Crippen molar-refractivity contribution in [2.75, 3.05) is 13.2 Å². The van der Waals surface area contributed by atoms with E-state index in [1.54, 1.807) is 12.1 Å². The summed E-state index contributed by atoms with van der Waals surface area (Å²) in [6.45, 7) is 0.894. The van der Waals surface area contributed by atoms with Gasteiger partial charge in [-0.2, -0.15) is 0 Å². The zero-order chi connectivity index (χ0) is 10.8. The maximum absolute atomic E-state index is 10.4. The molecular formula is C10H8ClO4-. The van der Waals surface area contributed by atoms with Crippen LogP contribution in [0.25, 0.3) is 0 Å². The number of carboxylic acids is 1. The summed E-state index contributed by atoms with van der Waals surface area (Å²) in [6, 6.07) is 3.15. The molecule has 1 aromatic carbocycles. The van der Waals surface area contributed by atoms with Gasteiger partial charge in [0.25, 0.3) is 0 Å². The molecule has 0 amide bonds. The fourth-order valence-electron chi connectivity index (χ4n) is 1.43. The summed E-state index contributed by atoms with van der Waals surface area (Å²) in [5.74, 6) is -0.183. The molecule has 4 nitrogen and oxygen atoms in total. The van der Waals surface area contributed by atoms with Gasteiger partial charge in [0.15, 0.2) is 11.5 Å². The Labute approximate surface area is 91.4 Å². The zero-order valence-corrected chi connectivity index (χ0v) is 8.54. The normalized spacial score (nSPS) is 13.7. The molecular weight excluding hydrogens is 220 g/mol. The lowest BCUT2D eigenvalue weighted by Gasteiger charge is -2.20. The van der Waals surface area contributed by atoms with Crippen LogP contribution in [0.2, 0.25) is 5.02 Å². The van der Waals surface area contributed by atoms with Gasteiger partial charge in [0, 0.05) is 12.4 Å². The molecule has 1 aromatic rings. The van der Waals surface area contributed by atoms with E-state index in [2.05, 4.69) is 0 Å². The second-order valence-corrected chi connectivity index (χ2v) is 3.56. The maximum Gasteiger partial charge on any atom is 0.179 e. The Balaban J connectivity index is 2.36. The van der Waals surface area contributed by atoms with Crippen LogP contribution in [-0.4, -0.2) is 19.2 Å². The molecule has 0 fully saturated rings. The molecule has 15 heavy (non-hydrogen) atoms. The summed E-state index contributed by atoms with van der Waals surface area (Å²) in [7, 11) is 0. The lowest BCUT2D eigenvalue weighted by atomic mass is 10.1. The molecule has 0 spiro atoms. The van der Waals surface area contributed by atoms with Crippen LogP contribution in [-0.2, 0) is 11.2 Å². The second-order valence-electron chi connectivity index (χ2n) is 3.15. The van der Waals surface area contributed by atoms with Gasteiger partial charge in [0.2, 0.25) is 0 Å². The molecule has 1 heterocycles. The molecule has 1 aliphatic heterocycles. The smallest absolute Gasteiger partial charge is 0.179 e. The van der Waals surface area contributed by atoms with Crippen LogP contribution in [0.5, 0.6) is 11.5 Å². The molecule has 5 heteroatoms. The van der Waals surface area contributed by atoms with Gasteiger partial charge in [-0.25, -0.2) is 0 Å². The minimum absolute atomic E-state index is 0.184. The lowest BCUT2D eigenvalue weighted by Crippen LogP contribution is -2.24. The van der Waals surface area contributed by atoms with Gasteiger partial charge in [-0.05, 0) is 17.7 Å². The first-order valence-electron chi connectivity index (χ1n) is 4.44. The van der Waals surface area contributed by atoms with E-state index in [4.69, 9.17) is 21.1 Å². The molecule has 0 radical (unpaired) electrons. The molecule has 80 valence electrons. The van der Waals surface area contributed by atoms with E-state index in [9.17, 15) is 9.90 Å². The first-order chi connectivity index (χ1) is 7.16. The maximum atomic E-state index is 10.4. The molecule has 0 bridgehead atoms. The van der Waals surface area contributed by atoms with Gasteiger partial charge in [-0.15, -0.1) is 0 Å². The predicted molar refractivity (Wildman–Crippen MR) is 51.2 cm³/mol. The Hall–Kier alpha value is -1.42. The van der Waals surface area contributed by atoms with Gasteiger partial charge in [0.05, 0.1) is 5.02 Å². The van der Waals surface area contributed by atoms with Crippen LogP contribution in [0, 0.1) is 0 Å². The summed E-state index contributed by atoms with van der Waals surface area (Å²) in [5.41, 5.74) is 0.546. The molecule has 0 N–H and O–H groups in total. The van der Waals surface area contributed by atoms with Crippen LogP contribution < -0.4 is 14.6 Å². The highest BCUT2D eigenvalue weighted by Gasteiger charge is 2.16. The van der Waals surface area contributed by atoms with Crippen molar-refractivity contribution >= 4 is 17.6 Å². The van der Waals surface area contributed by atoms with Crippen LogP contribution in [0.15, 0.2) is 12.1 Å². The first kappa shape index (κ1) is 10.1. The van der Waals surface area contributed by atoms with Crippen LogP contribution in [0.4, 0.5) is 0 Å². The van der Waals surface area contributed by atoms with E-state index in [1.807, 2.05) is 0 Å². The third-order valence-corrected chi connectivity index (χ3v) is 2.29. The van der Waals surface area contributed by atoms with Crippen LogP contribution in [0.3, 0.4) is 0 Å². The number of carboxylic acid groups (broad SMARTS) is 1. The quantitative estimate of drug-likeness (QED) is 0.734. The Kier molecular flexibility index (Phi) is 2.68. The van der Waals surface area contributed by atoms with Crippen molar-refractivity contribution in [3.05, 3.63) is 22.7 Å². The number of carbonyl (C=O) groups excluding carboxylic acids is 1. The monoisotopic (exact) mass is 227 g/mol. The fourth-order valence-corrected chi connectivity index (χ4v) is 1.72. The van der Waals surface area contributed by atoms with E-state index in [0.29, 0.717) is 35.3 Å². The zero-order valence-electron chi connectivity index (χ0n) is 7.79.